The van der Waals surface area contributed by atoms with Gasteiger partial charge in [0.05, 0.1) is 0 Å². The number of nitrogens with zero attached hydrogens (tertiary/aromatic N) is 1. The van der Waals surface area contributed by atoms with Crippen LogP contribution in [0.4, 0.5) is 5.69 Å². The fourth-order valence-electron chi connectivity index (χ4n) is 1.89. The minimum atomic E-state index is 0.773. The van der Waals surface area contributed by atoms with Crippen LogP contribution in [0.25, 0.3) is 11.1 Å². The van der Waals surface area contributed by atoms with E-state index in [1.807, 2.05) is 43.3 Å². The Morgan fingerprint density at radius 3 is 2.25 bits per heavy atom. The van der Waals surface area contributed by atoms with E-state index in [0.29, 0.717) is 0 Å². The molecule has 0 saturated heterocycles. The summed E-state index contributed by atoms with van der Waals surface area (Å²) in [5, 5.41) is 3.25. The first-order valence-corrected chi connectivity index (χ1v) is 6.57. The zero-order chi connectivity index (χ0) is 14.2. The minimum absolute atomic E-state index is 0.773. The molecule has 2 aromatic rings. The SMILES string of the molecule is C=C/C=C(\N=C/C)Nc1ccc(-c2ccccc2)cc1. The summed E-state index contributed by atoms with van der Waals surface area (Å²) in [7, 11) is 0. The van der Waals surface area contributed by atoms with Gasteiger partial charge in [0.25, 0.3) is 0 Å². The normalized spacial score (nSPS) is 11.6. The Morgan fingerprint density at radius 2 is 1.65 bits per heavy atom. The van der Waals surface area contributed by atoms with Crippen molar-refractivity contribution in [1.29, 1.82) is 0 Å². The third-order valence-electron chi connectivity index (χ3n) is 2.81. The van der Waals surface area contributed by atoms with Gasteiger partial charge in [-0.25, -0.2) is 4.99 Å². The Bertz CT molecular complexity index is 608. The van der Waals surface area contributed by atoms with Crippen molar-refractivity contribution in [3.63, 3.8) is 0 Å². The lowest BCUT2D eigenvalue weighted by Crippen LogP contribution is -1.96. The molecule has 0 aliphatic rings. The number of rotatable bonds is 5. The van der Waals surface area contributed by atoms with E-state index >= 15 is 0 Å². The average molecular weight is 262 g/mol. The first-order valence-electron chi connectivity index (χ1n) is 6.57. The summed E-state index contributed by atoms with van der Waals surface area (Å²) in [4.78, 5) is 4.24. The first-order chi connectivity index (χ1) is 9.83. The number of hydrogen-bond donors (Lipinski definition) is 1. The van der Waals surface area contributed by atoms with Gasteiger partial charge in [-0.2, -0.15) is 0 Å². The third kappa shape index (κ3) is 3.69. The van der Waals surface area contributed by atoms with Crippen LogP contribution in [0.3, 0.4) is 0 Å². The summed E-state index contributed by atoms with van der Waals surface area (Å²) in [5.74, 6) is 0.773. The van der Waals surface area contributed by atoms with Crippen molar-refractivity contribution in [2.24, 2.45) is 4.99 Å². The fourth-order valence-corrected chi connectivity index (χ4v) is 1.89. The highest BCUT2D eigenvalue weighted by Gasteiger charge is 1.98. The van der Waals surface area contributed by atoms with Crippen LogP contribution in [-0.4, -0.2) is 6.21 Å². The highest BCUT2D eigenvalue weighted by Crippen LogP contribution is 2.21. The molecule has 2 aromatic carbocycles. The summed E-state index contributed by atoms with van der Waals surface area (Å²) >= 11 is 0. The monoisotopic (exact) mass is 262 g/mol. The molecule has 0 heterocycles. The molecule has 20 heavy (non-hydrogen) atoms. The predicted octanol–water partition coefficient (Wildman–Crippen LogP) is 4.88. The Hall–Kier alpha value is -2.61. The number of benzene rings is 2. The smallest absolute Gasteiger partial charge is 0.129 e. The highest BCUT2D eigenvalue weighted by atomic mass is 15.0. The first kappa shape index (κ1) is 13.8. The standard InChI is InChI=1S/C18H18N2/c1-3-8-18(19-4-2)20-17-13-11-16(12-14-17)15-9-6-5-7-10-15/h3-14,20H,1H2,2H3/b18-8+,19-4-. The fraction of sp³-hybridized carbons (Fsp3) is 0.0556. The number of anilines is 1. The van der Waals surface area contributed by atoms with E-state index in [1.54, 1.807) is 12.3 Å². The van der Waals surface area contributed by atoms with Gasteiger partial charge in [0, 0.05) is 11.9 Å². The van der Waals surface area contributed by atoms with Crippen molar-refractivity contribution >= 4 is 11.9 Å². The van der Waals surface area contributed by atoms with E-state index in [2.05, 4.69) is 41.2 Å². The Labute approximate surface area is 120 Å². The van der Waals surface area contributed by atoms with Gasteiger partial charge in [0.1, 0.15) is 5.82 Å². The van der Waals surface area contributed by atoms with Crippen LogP contribution < -0.4 is 5.32 Å². The van der Waals surface area contributed by atoms with Crippen LogP contribution in [0.1, 0.15) is 6.92 Å². The molecular weight excluding hydrogens is 244 g/mol. The maximum absolute atomic E-state index is 4.24. The number of hydrogen-bond acceptors (Lipinski definition) is 2. The van der Waals surface area contributed by atoms with E-state index in [1.165, 1.54) is 11.1 Å². The number of allylic oxidation sites excluding steroid dienone is 2. The number of nitrogens with one attached hydrogen (secondary N) is 1. The van der Waals surface area contributed by atoms with E-state index in [0.717, 1.165) is 11.5 Å². The van der Waals surface area contributed by atoms with Gasteiger partial charge in [0.2, 0.25) is 0 Å². The summed E-state index contributed by atoms with van der Waals surface area (Å²) in [6, 6.07) is 18.6. The predicted molar refractivity (Wildman–Crippen MR) is 87.9 cm³/mol. The molecule has 0 bridgehead atoms. The van der Waals surface area contributed by atoms with Crippen molar-refractivity contribution in [1.82, 2.24) is 0 Å². The van der Waals surface area contributed by atoms with Crippen LogP contribution in [-0.2, 0) is 0 Å². The second-order valence-electron chi connectivity index (χ2n) is 4.24. The van der Waals surface area contributed by atoms with E-state index < -0.39 is 0 Å². The summed E-state index contributed by atoms with van der Waals surface area (Å²) < 4.78 is 0. The van der Waals surface area contributed by atoms with Gasteiger partial charge in [-0.3, -0.25) is 0 Å². The van der Waals surface area contributed by atoms with Crippen LogP contribution in [0.2, 0.25) is 0 Å². The van der Waals surface area contributed by atoms with Crippen molar-refractivity contribution in [2.45, 2.75) is 6.92 Å². The molecule has 0 fully saturated rings. The lowest BCUT2D eigenvalue weighted by Gasteiger charge is -2.07. The molecule has 1 N–H and O–H groups in total. The summed E-state index contributed by atoms with van der Waals surface area (Å²) in [6.07, 6.45) is 5.31. The lowest BCUT2D eigenvalue weighted by molar-refractivity contribution is 1.31. The Kier molecular flexibility index (Phi) is 4.90. The van der Waals surface area contributed by atoms with Gasteiger partial charge in [0.15, 0.2) is 0 Å². The molecule has 100 valence electrons. The molecule has 0 spiro atoms. The van der Waals surface area contributed by atoms with E-state index in [9.17, 15) is 0 Å². The molecule has 0 aliphatic heterocycles. The summed E-state index contributed by atoms with van der Waals surface area (Å²) in [5.41, 5.74) is 3.42. The Morgan fingerprint density at radius 1 is 1.00 bits per heavy atom. The van der Waals surface area contributed by atoms with Gasteiger partial charge in [-0.05, 0) is 36.3 Å². The lowest BCUT2D eigenvalue weighted by atomic mass is 10.1. The largest absolute Gasteiger partial charge is 0.340 e. The molecule has 0 radical (unpaired) electrons. The van der Waals surface area contributed by atoms with Crippen LogP contribution in [0, 0.1) is 0 Å². The maximum Gasteiger partial charge on any atom is 0.129 e. The third-order valence-corrected chi connectivity index (χ3v) is 2.81. The van der Waals surface area contributed by atoms with Crippen molar-refractivity contribution in [3.05, 3.63) is 79.1 Å². The summed E-state index contributed by atoms with van der Waals surface area (Å²) in [6.45, 7) is 5.57. The quantitative estimate of drug-likeness (QED) is 0.602. The van der Waals surface area contributed by atoms with Crippen LogP contribution >= 0.6 is 0 Å². The molecule has 0 atom stereocenters. The Balaban J connectivity index is 2.16. The molecule has 2 heteroatoms. The molecular formula is C18H18N2. The molecule has 0 unspecified atom stereocenters. The van der Waals surface area contributed by atoms with Gasteiger partial charge < -0.3 is 5.32 Å². The van der Waals surface area contributed by atoms with Crippen molar-refractivity contribution in [3.8, 4) is 11.1 Å². The van der Waals surface area contributed by atoms with E-state index in [-0.39, 0.29) is 0 Å². The van der Waals surface area contributed by atoms with Gasteiger partial charge in [-0.1, -0.05) is 55.1 Å². The maximum atomic E-state index is 4.24. The molecule has 0 amide bonds. The van der Waals surface area contributed by atoms with Gasteiger partial charge >= 0.3 is 0 Å². The molecule has 0 aromatic heterocycles. The van der Waals surface area contributed by atoms with E-state index in [4.69, 9.17) is 0 Å². The second kappa shape index (κ2) is 7.10. The molecule has 2 rings (SSSR count). The minimum Gasteiger partial charge on any atom is -0.340 e. The molecule has 0 saturated carbocycles. The van der Waals surface area contributed by atoms with Crippen molar-refractivity contribution < 1.29 is 0 Å². The molecule has 2 nitrogen and oxygen atoms in total. The average Bonchev–Trinajstić information content (AvgIpc) is 2.49. The van der Waals surface area contributed by atoms with Crippen molar-refractivity contribution in [2.75, 3.05) is 5.32 Å². The zero-order valence-corrected chi connectivity index (χ0v) is 11.6. The second-order valence-corrected chi connectivity index (χ2v) is 4.24. The molecule has 0 aliphatic carbocycles. The van der Waals surface area contributed by atoms with Gasteiger partial charge in [-0.15, -0.1) is 0 Å². The van der Waals surface area contributed by atoms with Crippen LogP contribution in [0.15, 0.2) is 84.1 Å². The topological polar surface area (TPSA) is 24.4 Å². The number of aliphatic imine (C=N–C) groups is 1. The van der Waals surface area contributed by atoms with Crippen LogP contribution in [0.5, 0.6) is 0 Å². The highest BCUT2D eigenvalue weighted by molar-refractivity contribution is 5.66. The zero-order valence-electron chi connectivity index (χ0n) is 11.6.